The van der Waals surface area contributed by atoms with E-state index in [0.29, 0.717) is 18.3 Å². The van der Waals surface area contributed by atoms with Gasteiger partial charge in [-0.25, -0.2) is 10.4 Å². The molecule has 5 N–H and O–H groups in total. The zero-order chi connectivity index (χ0) is 15.8. The summed E-state index contributed by atoms with van der Waals surface area (Å²) >= 11 is 0. The summed E-state index contributed by atoms with van der Waals surface area (Å²) in [4.78, 5) is 14.8. The number of hydrazone groups is 1. The highest BCUT2D eigenvalue weighted by Crippen LogP contribution is 2.13. The Morgan fingerprint density at radius 1 is 1.55 bits per heavy atom. The summed E-state index contributed by atoms with van der Waals surface area (Å²) in [6, 6.07) is 6.24. The molecule has 0 saturated heterocycles. The molecule has 118 valence electrons. The van der Waals surface area contributed by atoms with Crippen LogP contribution in [-0.2, 0) is 11.2 Å². The number of carboxylic acid groups (broad SMARTS) is 1. The van der Waals surface area contributed by atoms with E-state index in [0.717, 1.165) is 18.7 Å². The van der Waals surface area contributed by atoms with Gasteiger partial charge < -0.3 is 20.9 Å². The van der Waals surface area contributed by atoms with Crippen LogP contribution in [0.3, 0.4) is 0 Å². The molecule has 0 amide bonds. The second kappa shape index (κ2) is 7.99. The summed E-state index contributed by atoms with van der Waals surface area (Å²) in [7, 11) is 0. The molecule has 8 heteroatoms. The van der Waals surface area contributed by atoms with E-state index in [1.54, 1.807) is 30.5 Å². The molecule has 2 rings (SSSR count). The number of hydrogen-bond acceptors (Lipinski definition) is 7. The predicted molar refractivity (Wildman–Crippen MR) is 83.2 cm³/mol. The summed E-state index contributed by atoms with van der Waals surface area (Å²) < 4.78 is 5.48. The summed E-state index contributed by atoms with van der Waals surface area (Å²) in [5, 5.41) is 15.8. The normalized spacial score (nSPS) is 15.2. The van der Waals surface area contributed by atoms with Crippen LogP contribution >= 0.6 is 0 Å². The van der Waals surface area contributed by atoms with Gasteiger partial charge in [0.1, 0.15) is 18.4 Å². The molecule has 0 aliphatic carbocycles. The Labute approximate surface area is 128 Å². The summed E-state index contributed by atoms with van der Waals surface area (Å²) in [6.07, 6.45) is 1.88. The topological polar surface area (TPSA) is 121 Å². The minimum Gasteiger partial charge on any atom is -0.488 e. The van der Waals surface area contributed by atoms with Crippen molar-refractivity contribution < 1.29 is 14.6 Å². The average molecular weight is 305 g/mol. The lowest BCUT2D eigenvalue weighted by molar-refractivity contribution is -0.138. The van der Waals surface area contributed by atoms with Crippen LogP contribution in [0.15, 0.2) is 34.4 Å². The summed E-state index contributed by atoms with van der Waals surface area (Å²) in [5.41, 5.74) is 9.10. The maximum atomic E-state index is 10.7. The van der Waals surface area contributed by atoms with Crippen molar-refractivity contribution in [3.8, 4) is 5.75 Å². The standard InChI is InChI=1S/C14H19N5O3/c15-12(13(20)21)9-10-1-3-11(4-2-10)22-8-7-18-19-14-16-5-6-17-14/h1-4,7,12H,5-6,8-9,15H2,(H,20,21)(H2,16,17,19)/b18-7+/t12-/m0/s1. The quantitative estimate of drug-likeness (QED) is 0.400. The zero-order valence-electron chi connectivity index (χ0n) is 12.0. The number of ether oxygens (including phenoxy) is 1. The number of nitrogens with one attached hydrogen (secondary N) is 2. The maximum absolute atomic E-state index is 10.7. The van der Waals surface area contributed by atoms with Gasteiger partial charge in [0.05, 0.1) is 12.8 Å². The van der Waals surface area contributed by atoms with Crippen molar-refractivity contribution in [2.45, 2.75) is 12.5 Å². The molecule has 0 spiro atoms. The molecule has 1 aromatic carbocycles. The minimum absolute atomic E-state index is 0.288. The minimum atomic E-state index is -1.01. The lowest BCUT2D eigenvalue weighted by atomic mass is 10.1. The Hall–Kier alpha value is -2.61. The van der Waals surface area contributed by atoms with Crippen molar-refractivity contribution in [2.24, 2.45) is 15.8 Å². The number of hydrogen-bond donors (Lipinski definition) is 4. The van der Waals surface area contributed by atoms with E-state index in [1.807, 2.05) is 0 Å². The molecule has 0 unspecified atom stereocenters. The monoisotopic (exact) mass is 305 g/mol. The first-order valence-corrected chi connectivity index (χ1v) is 6.91. The summed E-state index contributed by atoms with van der Waals surface area (Å²) in [6.45, 7) is 1.90. The van der Waals surface area contributed by atoms with Gasteiger partial charge in [-0.05, 0) is 24.1 Å². The van der Waals surface area contributed by atoms with Gasteiger partial charge in [0, 0.05) is 6.54 Å². The van der Waals surface area contributed by atoms with Gasteiger partial charge in [-0.1, -0.05) is 12.1 Å². The van der Waals surface area contributed by atoms with Gasteiger partial charge in [-0.2, -0.15) is 5.10 Å². The van der Waals surface area contributed by atoms with Crippen LogP contribution in [0.5, 0.6) is 5.75 Å². The van der Waals surface area contributed by atoms with E-state index in [-0.39, 0.29) is 6.42 Å². The Morgan fingerprint density at radius 2 is 2.32 bits per heavy atom. The molecule has 8 nitrogen and oxygen atoms in total. The number of nitrogens with zero attached hydrogens (tertiary/aromatic N) is 2. The number of carbonyl (C=O) groups is 1. The van der Waals surface area contributed by atoms with E-state index in [2.05, 4.69) is 20.8 Å². The zero-order valence-corrected chi connectivity index (χ0v) is 12.0. The number of aliphatic imine (C=N–C) groups is 1. The molecule has 0 aromatic heterocycles. The van der Waals surface area contributed by atoms with Crippen molar-refractivity contribution in [2.75, 3.05) is 19.7 Å². The lowest BCUT2D eigenvalue weighted by Gasteiger charge is -2.07. The first-order valence-electron chi connectivity index (χ1n) is 6.91. The van der Waals surface area contributed by atoms with E-state index in [9.17, 15) is 4.79 Å². The van der Waals surface area contributed by atoms with Crippen molar-refractivity contribution in [1.29, 1.82) is 0 Å². The third kappa shape index (κ3) is 5.06. The second-order valence-corrected chi connectivity index (χ2v) is 4.68. The Bertz CT molecular complexity index is 556. The van der Waals surface area contributed by atoms with E-state index >= 15 is 0 Å². The van der Waals surface area contributed by atoms with Crippen LogP contribution in [0.25, 0.3) is 0 Å². The molecule has 0 saturated carbocycles. The number of guanidine groups is 1. The molecule has 1 aromatic rings. The van der Waals surface area contributed by atoms with Crippen molar-refractivity contribution in [3.63, 3.8) is 0 Å². The molecule has 22 heavy (non-hydrogen) atoms. The van der Waals surface area contributed by atoms with Crippen LogP contribution in [0.2, 0.25) is 0 Å². The fraction of sp³-hybridized carbons (Fsp3) is 0.357. The third-order valence-electron chi connectivity index (χ3n) is 2.96. The highest BCUT2D eigenvalue weighted by atomic mass is 16.5. The number of carboxylic acids is 1. The fourth-order valence-corrected chi connectivity index (χ4v) is 1.81. The number of rotatable bonds is 7. The van der Waals surface area contributed by atoms with Gasteiger partial charge in [-0.15, -0.1) is 0 Å². The van der Waals surface area contributed by atoms with Gasteiger partial charge >= 0.3 is 5.97 Å². The van der Waals surface area contributed by atoms with Crippen LogP contribution in [0.1, 0.15) is 5.56 Å². The van der Waals surface area contributed by atoms with Crippen molar-refractivity contribution >= 4 is 18.1 Å². The molecular weight excluding hydrogens is 286 g/mol. The van der Waals surface area contributed by atoms with Gasteiger partial charge in [-0.3, -0.25) is 4.79 Å². The van der Waals surface area contributed by atoms with Crippen molar-refractivity contribution in [3.05, 3.63) is 29.8 Å². The van der Waals surface area contributed by atoms with Crippen LogP contribution < -0.4 is 21.2 Å². The average Bonchev–Trinajstić information content (AvgIpc) is 3.01. The maximum Gasteiger partial charge on any atom is 0.320 e. The lowest BCUT2D eigenvalue weighted by Crippen LogP contribution is -2.32. The first kappa shape index (κ1) is 15.8. The van der Waals surface area contributed by atoms with Gasteiger partial charge in [0.15, 0.2) is 0 Å². The molecule has 0 radical (unpaired) electrons. The molecule has 1 aliphatic heterocycles. The smallest absolute Gasteiger partial charge is 0.320 e. The molecule has 1 heterocycles. The first-order chi connectivity index (χ1) is 10.6. The molecule has 1 aliphatic rings. The Morgan fingerprint density at radius 3 is 2.95 bits per heavy atom. The number of benzene rings is 1. The molecule has 1 atom stereocenters. The Kier molecular flexibility index (Phi) is 5.73. The van der Waals surface area contributed by atoms with Gasteiger partial charge in [0.2, 0.25) is 5.96 Å². The molecule has 0 fully saturated rings. The van der Waals surface area contributed by atoms with E-state index in [4.69, 9.17) is 15.6 Å². The third-order valence-corrected chi connectivity index (χ3v) is 2.96. The SMILES string of the molecule is N[C@@H](Cc1ccc(OC/C=N/NC2=NCCN2)cc1)C(=O)O. The molecular formula is C14H19N5O3. The van der Waals surface area contributed by atoms with Gasteiger partial charge in [0.25, 0.3) is 0 Å². The second-order valence-electron chi connectivity index (χ2n) is 4.68. The molecule has 0 bridgehead atoms. The number of aliphatic carboxylic acids is 1. The highest BCUT2D eigenvalue weighted by Gasteiger charge is 2.11. The van der Waals surface area contributed by atoms with Crippen LogP contribution in [0, 0.1) is 0 Å². The fourth-order valence-electron chi connectivity index (χ4n) is 1.81. The Balaban J connectivity index is 1.71. The predicted octanol–water partition coefficient (Wildman–Crippen LogP) is -0.446. The van der Waals surface area contributed by atoms with E-state index in [1.165, 1.54) is 0 Å². The highest BCUT2D eigenvalue weighted by molar-refractivity contribution is 5.81. The largest absolute Gasteiger partial charge is 0.488 e. The summed E-state index contributed by atoms with van der Waals surface area (Å²) in [5.74, 6) is 0.330. The van der Waals surface area contributed by atoms with E-state index < -0.39 is 12.0 Å². The number of nitrogens with two attached hydrogens (primary N) is 1. The van der Waals surface area contributed by atoms with Crippen molar-refractivity contribution in [1.82, 2.24) is 10.7 Å². The van der Waals surface area contributed by atoms with Crippen LogP contribution in [0.4, 0.5) is 0 Å². The van der Waals surface area contributed by atoms with Crippen LogP contribution in [-0.4, -0.2) is 49.0 Å².